The molecule has 0 radical (unpaired) electrons. The molecule has 4 atom stereocenters. The summed E-state index contributed by atoms with van der Waals surface area (Å²) in [6, 6.07) is 3.39. The van der Waals surface area contributed by atoms with Crippen LogP contribution in [-0.2, 0) is 9.53 Å². The Labute approximate surface area is 183 Å². The van der Waals surface area contributed by atoms with Crippen LogP contribution in [0.15, 0.2) is 12.1 Å². The number of amides is 2. The van der Waals surface area contributed by atoms with Gasteiger partial charge in [-0.15, -0.1) is 0 Å². The van der Waals surface area contributed by atoms with Gasteiger partial charge in [0, 0.05) is 30.5 Å². The first-order valence-corrected chi connectivity index (χ1v) is 11.2. The lowest BCUT2D eigenvalue weighted by Crippen LogP contribution is -2.33. The van der Waals surface area contributed by atoms with Crippen molar-refractivity contribution in [3.05, 3.63) is 17.7 Å². The van der Waals surface area contributed by atoms with Crippen LogP contribution < -0.4 is 14.8 Å². The number of nitrogens with one attached hydrogen (secondary N) is 1. The molecule has 0 aliphatic carbocycles. The van der Waals surface area contributed by atoms with Gasteiger partial charge in [0.15, 0.2) is 11.5 Å². The van der Waals surface area contributed by atoms with Gasteiger partial charge in [0.25, 0.3) is 5.91 Å². The zero-order chi connectivity index (χ0) is 22.1. The SMILES string of the molecule is CCN(CC)CC(=O)Nc1cc(C(=O)N2C[C@@H]3[C@H](C2)[C@H]2CC[C@@H]3O2)cc(OC)c1OC. The van der Waals surface area contributed by atoms with Gasteiger partial charge in [-0.1, -0.05) is 13.8 Å². The molecule has 0 unspecified atom stereocenters. The Bertz CT molecular complexity index is 823. The fourth-order valence-corrected chi connectivity index (χ4v) is 5.33. The Morgan fingerprint density at radius 2 is 1.74 bits per heavy atom. The Hall–Kier alpha value is -2.32. The van der Waals surface area contributed by atoms with Crippen molar-refractivity contribution < 1.29 is 23.8 Å². The van der Waals surface area contributed by atoms with Gasteiger partial charge in [-0.25, -0.2) is 0 Å². The lowest BCUT2D eigenvalue weighted by molar-refractivity contribution is -0.117. The fraction of sp³-hybridized carbons (Fsp3) is 0.652. The summed E-state index contributed by atoms with van der Waals surface area (Å²) in [5, 5.41) is 2.91. The van der Waals surface area contributed by atoms with E-state index in [4.69, 9.17) is 14.2 Å². The van der Waals surface area contributed by atoms with Crippen LogP contribution in [0.5, 0.6) is 11.5 Å². The van der Waals surface area contributed by atoms with E-state index in [0.717, 1.165) is 39.0 Å². The molecule has 2 bridgehead atoms. The molecule has 3 saturated heterocycles. The minimum absolute atomic E-state index is 0.0472. The predicted molar refractivity (Wildman–Crippen MR) is 117 cm³/mol. The molecule has 1 N–H and O–H groups in total. The van der Waals surface area contributed by atoms with Gasteiger partial charge in [0.1, 0.15) is 0 Å². The van der Waals surface area contributed by atoms with Gasteiger partial charge in [-0.3, -0.25) is 14.5 Å². The number of likely N-dealkylation sites (tertiary alicyclic amines) is 1. The zero-order valence-corrected chi connectivity index (χ0v) is 18.8. The second-order valence-corrected chi connectivity index (χ2v) is 8.60. The van der Waals surface area contributed by atoms with E-state index in [1.165, 1.54) is 14.2 Å². The van der Waals surface area contributed by atoms with Crippen molar-refractivity contribution in [1.29, 1.82) is 0 Å². The van der Waals surface area contributed by atoms with Crippen molar-refractivity contribution in [2.45, 2.75) is 38.9 Å². The van der Waals surface area contributed by atoms with Gasteiger partial charge in [-0.2, -0.15) is 0 Å². The molecule has 3 aliphatic rings. The van der Waals surface area contributed by atoms with Gasteiger partial charge in [0.05, 0.1) is 38.7 Å². The molecule has 31 heavy (non-hydrogen) atoms. The standard InChI is InChI=1S/C23H33N3O5/c1-5-25(6-2)13-21(27)24-17-9-14(10-20(29-3)22(17)30-4)23(28)26-11-15-16(12-26)19-8-7-18(15)31-19/h9-10,15-16,18-19H,5-8,11-13H2,1-4H3,(H,24,27)/t15-,16+,18+,19-. The number of anilines is 1. The van der Waals surface area contributed by atoms with Crippen molar-refractivity contribution in [2.24, 2.45) is 11.8 Å². The number of carbonyl (C=O) groups is 2. The molecule has 4 rings (SSSR count). The molecule has 0 aromatic heterocycles. The third kappa shape index (κ3) is 4.11. The third-order valence-electron chi connectivity index (χ3n) is 7.00. The minimum atomic E-state index is -0.155. The number of ether oxygens (including phenoxy) is 3. The van der Waals surface area contributed by atoms with Crippen LogP contribution in [0.25, 0.3) is 0 Å². The molecule has 1 aromatic rings. The summed E-state index contributed by atoms with van der Waals surface area (Å²) >= 11 is 0. The molecule has 8 nitrogen and oxygen atoms in total. The first kappa shape index (κ1) is 21.9. The second kappa shape index (κ2) is 9.04. The Balaban J connectivity index is 1.54. The molecule has 3 heterocycles. The summed E-state index contributed by atoms with van der Waals surface area (Å²) in [5.41, 5.74) is 0.939. The van der Waals surface area contributed by atoms with E-state index in [9.17, 15) is 9.59 Å². The molecule has 1 aromatic carbocycles. The van der Waals surface area contributed by atoms with Crippen LogP contribution in [0.3, 0.4) is 0 Å². The highest BCUT2D eigenvalue weighted by atomic mass is 16.5. The van der Waals surface area contributed by atoms with Crippen LogP contribution in [0.2, 0.25) is 0 Å². The molecule has 2 amide bonds. The highest BCUT2D eigenvalue weighted by molar-refractivity contribution is 6.00. The number of fused-ring (bicyclic) bond motifs is 5. The van der Waals surface area contributed by atoms with Crippen LogP contribution in [0.1, 0.15) is 37.0 Å². The Morgan fingerprint density at radius 3 is 2.29 bits per heavy atom. The summed E-state index contributed by atoms with van der Waals surface area (Å²) in [5.74, 6) is 1.52. The van der Waals surface area contributed by atoms with Crippen molar-refractivity contribution in [3.8, 4) is 11.5 Å². The summed E-state index contributed by atoms with van der Waals surface area (Å²) in [6.07, 6.45) is 2.81. The number of likely N-dealkylation sites (N-methyl/N-ethyl adjacent to an activating group) is 1. The van der Waals surface area contributed by atoms with Crippen LogP contribution in [0, 0.1) is 11.8 Å². The van der Waals surface area contributed by atoms with E-state index in [2.05, 4.69) is 5.32 Å². The molecular formula is C23H33N3O5. The molecule has 170 valence electrons. The third-order valence-corrected chi connectivity index (χ3v) is 7.00. The smallest absolute Gasteiger partial charge is 0.254 e. The molecule has 3 fully saturated rings. The Kier molecular flexibility index (Phi) is 6.39. The lowest BCUT2D eigenvalue weighted by atomic mass is 9.82. The number of hydrogen-bond donors (Lipinski definition) is 1. The summed E-state index contributed by atoms with van der Waals surface area (Å²) in [6.45, 7) is 7.32. The van der Waals surface area contributed by atoms with Crippen molar-refractivity contribution in [2.75, 3.05) is 52.3 Å². The second-order valence-electron chi connectivity index (χ2n) is 8.60. The molecule has 3 aliphatic heterocycles. The molecule has 8 heteroatoms. The van der Waals surface area contributed by atoms with Crippen molar-refractivity contribution in [3.63, 3.8) is 0 Å². The maximum Gasteiger partial charge on any atom is 0.254 e. The van der Waals surface area contributed by atoms with Gasteiger partial charge < -0.3 is 24.4 Å². The number of rotatable bonds is 8. The topological polar surface area (TPSA) is 80.3 Å². The van der Waals surface area contributed by atoms with E-state index in [1.807, 2.05) is 23.6 Å². The van der Waals surface area contributed by atoms with E-state index in [-0.39, 0.29) is 18.4 Å². The van der Waals surface area contributed by atoms with E-state index in [1.54, 1.807) is 12.1 Å². The Morgan fingerprint density at radius 1 is 1.10 bits per heavy atom. The van der Waals surface area contributed by atoms with Crippen molar-refractivity contribution in [1.82, 2.24) is 9.80 Å². The highest BCUT2D eigenvalue weighted by Crippen LogP contribution is 2.47. The minimum Gasteiger partial charge on any atom is -0.493 e. The molecule has 0 spiro atoms. The first-order chi connectivity index (χ1) is 15.0. The normalized spacial score (nSPS) is 26.3. The number of methoxy groups -OCH3 is 2. The van der Waals surface area contributed by atoms with E-state index in [0.29, 0.717) is 46.8 Å². The summed E-state index contributed by atoms with van der Waals surface area (Å²) in [4.78, 5) is 29.9. The van der Waals surface area contributed by atoms with Crippen molar-refractivity contribution >= 4 is 17.5 Å². The van der Waals surface area contributed by atoms with Crippen LogP contribution >= 0.6 is 0 Å². The number of nitrogens with zero attached hydrogens (tertiary/aromatic N) is 2. The van der Waals surface area contributed by atoms with E-state index >= 15 is 0 Å². The largest absolute Gasteiger partial charge is 0.493 e. The molecule has 0 saturated carbocycles. The molecular weight excluding hydrogens is 398 g/mol. The first-order valence-electron chi connectivity index (χ1n) is 11.2. The quantitative estimate of drug-likeness (QED) is 0.680. The maximum atomic E-state index is 13.4. The average molecular weight is 432 g/mol. The summed E-state index contributed by atoms with van der Waals surface area (Å²) < 4.78 is 17.0. The highest BCUT2D eigenvalue weighted by Gasteiger charge is 2.53. The number of benzene rings is 1. The van der Waals surface area contributed by atoms with Gasteiger partial charge in [-0.05, 0) is 38.1 Å². The average Bonchev–Trinajstić information content (AvgIpc) is 3.50. The number of carbonyl (C=O) groups excluding carboxylic acids is 2. The predicted octanol–water partition coefficient (Wildman–Crippen LogP) is 2.23. The fourth-order valence-electron chi connectivity index (χ4n) is 5.33. The van der Waals surface area contributed by atoms with Gasteiger partial charge >= 0.3 is 0 Å². The maximum absolute atomic E-state index is 13.4. The van der Waals surface area contributed by atoms with Gasteiger partial charge in [0.2, 0.25) is 5.91 Å². The van der Waals surface area contributed by atoms with E-state index < -0.39 is 0 Å². The lowest BCUT2D eigenvalue weighted by Gasteiger charge is -2.22. The summed E-state index contributed by atoms with van der Waals surface area (Å²) in [7, 11) is 3.06. The van der Waals surface area contributed by atoms with Crippen LogP contribution in [-0.4, -0.2) is 80.8 Å². The monoisotopic (exact) mass is 431 g/mol. The number of hydrogen-bond acceptors (Lipinski definition) is 6. The van der Waals surface area contributed by atoms with Crippen LogP contribution in [0.4, 0.5) is 5.69 Å². The zero-order valence-electron chi connectivity index (χ0n) is 18.8.